The molecule has 6 heteroatoms. The lowest BCUT2D eigenvalue weighted by molar-refractivity contribution is -0.130. The molecule has 0 fully saturated rings. The average molecular weight is 590 g/mol. The van der Waals surface area contributed by atoms with E-state index in [1.807, 2.05) is 50.0 Å². The summed E-state index contributed by atoms with van der Waals surface area (Å²) in [6.45, 7) is 27.4. The van der Waals surface area contributed by atoms with Crippen LogP contribution in [-0.4, -0.2) is 23.4 Å². The van der Waals surface area contributed by atoms with Crippen molar-refractivity contribution in [2.75, 3.05) is 6.54 Å². The maximum atomic E-state index is 11.1. The normalized spacial score (nSPS) is 11.7. The highest BCUT2D eigenvalue weighted by Gasteiger charge is 2.13. The third kappa shape index (κ3) is 21.5. The Kier molecular flexibility index (Phi) is 27.9. The molecule has 1 aromatic carbocycles. The molecule has 2 atom stereocenters. The van der Waals surface area contributed by atoms with Crippen molar-refractivity contribution in [3.63, 3.8) is 0 Å². The molecule has 220 valence electrons. The number of carbonyl (C=O) groups excluding carboxylic acids is 1. The van der Waals surface area contributed by atoms with E-state index in [0.717, 1.165) is 24.9 Å². The van der Waals surface area contributed by atoms with Crippen LogP contribution in [0.4, 0.5) is 0 Å². The Labute approximate surface area is 250 Å². The summed E-state index contributed by atoms with van der Waals surface area (Å²) in [5.74, 6) is 0.196. The highest BCUT2D eigenvalue weighted by molar-refractivity contribution is 6.35. The quantitative estimate of drug-likeness (QED) is 0.275. The van der Waals surface area contributed by atoms with E-state index in [9.17, 15) is 4.79 Å². The molecule has 1 rings (SSSR count). The Morgan fingerprint density at radius 2 is 1.50 bits per heavy atom. The van der Waals surface area contributed by atoms with Gasteiger partial charge in [0.2, 0.25) is 5.91 Å². The Balaban J connectivity index is -0.000000569. The van der Waals surface area contributed by atoms with E-state index >= 15 is 0 Å². The second-order valence-corrected chi connectivity index (χ2v) is 10.7. The van der Waals surface area contributed by atoms with Gasteiger partial charge in [-0.25, -0.2) is 0 Å². The van der Waals surface area contributed by atoms with Gasteiger partial charge in [0.25, 0.3) is 0 Å². The van der Waals surface area contributed by atoms with E-state index < -0.39 is 0 Å². The van der Waals surface area contributed by atoms with E-state index in [2.05, 4.69) is 60.4 Å². The first-order chi connectivity index (χ1) is 17.8. The molecule has 0 radical (unpaired) electrons. The molecule has 0 saturated carbocycles. The highest BCUT2D eigenvalue weighted by Crippen LogP contribution is 2.27. The van der Waals surface area contributed by atoms with Crippen LogP contribution in [0.25, 0.3) is 0 Å². The van der Waals surface area contributed by atoms with Gasteiger partial charge in [0, 0.05) is 35.3 Å². The first-order valence-electron chi connectivity index (χ1n) is 14.0. The fourth-order valence-corrected chi connectivity index (χ4v) is 3.44. The summed E-state index contributed by atoms with van der Waals surface area (Å²) >= 11 is 18.2. The van der Waals surface area contributed by atoms with E-state index in [4.69, 9.17) is 34.8 Å². The maximum Gasteiger partial charge on any atom is 0.219 e. The van der Waals surface area contributed by atoms with Gasteiger partial charge in [-0.15, -0.1) is 0 Å². The summed E-state index contributed by atoms with van der Waals surface area (Å²) in [5.41, 5.74) is 2.77. The summed E-state index contributed by atoms with van der Waals surface area (Å²) < 4.78 is 0. The van der Waals surface area contributed by atoms with Crippen molar-refractivity contribution >= 4 is 40.7 Å². The summed E-state index contributed by atoms with van der Waals surface area (Å²) in [6.07, 6.45) is 9.74. The predicted octanol–water partition coefficient (Wildman–Crippen LogP) is 11.5. The monoisotopic (exact) mass is 588 g/mol. The zero-order valence-corrected chi connectivity index (χ0v) is 28.2. The molecule has 0 aromatic heterocycles. The van der Waals surface area contributed by atoms with Crippen LogP contribution in [0.2, 0.25) is 10.0 Å². The van der Waals surface area contributed by atoms with Crippen LogP contribution in [0.3, 0.4) is 0 Å². The fraction of sp³-hybridized carbons (Fsp3) is 0.594. The van der Waals surface area contributed by atoms with Crippen molar-refractivity contribution in [2.24, 2.45) is 0 Å². The number of carbonyl (C=O) groups is 1. The average Bonchev–Trinajstić information content (AvgIpc) is 2.85. The number of allylic oxidation sites excluding steroid dienone is 4. The third-order valence-corrected chi connectivity index (χ3v) is 6.08. The maximum absolute atomic E-state index is 11.1. The van der Waals surface area contributed by atoms with Gasteiger partial charge in [-0.2, -0.15) is 0 Å². The molecule has 0 aliphatic rings. The van der Waals surface area contributed by atoms with Crippen molar-refractivity contribution in [2.45, 2.75) is 120 Å². The fourth-order valence-electron chi connectivity index (χ4n) is 2.75. The van der Waals surface area contributed by atoms with Crippen molar-refractivity contribution < 1.29 is 4.79 Å². The third-order valence-electron chi connectivity index (χ3n) is 5.16. The van der Waals surface area contributed by atoms with Crippen LogP contribution in [0.5, 0.6) is 0 Å². The minimum Gasteiger partial charge on any atom is -0.378 e. The summed E-state index contributed by atoms with van der Waals surface area (Å²) in [5, 5.41) is 5.04. The summed E-state index contributed by atoms with van der Waals surface area (Å²) in [4.78, 5) is 13.0. The Hall–Kier alpha value is -1.42. The number of amides is 1. The molecule has 1 N–H and O–H groups in total. The minimum absolute atomic E-state index is 0.0129. The largest absolute Gasteiger partial charge is 0.378 e. The van der Waals surface area contributed by atoms with Crippen LogP contribution in [0, 0.1) is 0 Å². The molecule has 38 heavy (non-hydrogen) atoms. The Morgan fingerprint density at radius 1 is 0.974 bits per heavy atom. The molecule has 0 saturated heterocycles. The highest BCUT2D eigenvalue weighted by atomic mass is 35.5. The molecule has 3 nitrogen and oxygen atoms in total. The lowest BCUT2D eigenvalue weighted by Gasteiger charge is -2.26. The molecular weight excluding hydrogens is 535 g/mol. The van der Waals surface area contributed by atoms with Crippen LogP contribution < -0.4 is 5.32 Å². The van der Waals surface area contributed by atoms with Gasteiger partial charge in [0.05, 0.1) is 11.1 Å². The number of hydrogen-bond acceptors (Lipinski definition) is 2. The first kappa shape index (κ1) is 41.1. The standard InChI is InChI=1S/C16H18Cl3N.C9H19NO.C4H10.C3H8/c1-10(2)5-8-15(18)12(4)20-11(3)14-7-6-13(17)9-16(14)19;1-5-7-10(9(4)11)8(3)6-2;1-3-4-2;1-3-2/h5-9,11,20H,4H2,1-3H3;8H,5-7H2,1-4H3;3-4H2,1-2H3;3H2,1-2H3/b15-8+;;;. The second-order valence-electron chi connectivity index (χ2n) is 9.45. The number of unbranched alkanes of at least 4 members (excludes halogenated alkanes) is 1. The van der Waals surface area contributed by atoms with Gasteiger partial charge in [-0.1, -0.05) is 120 Å². The minimum atomic E-state index is -0.0129. The van der Waals surface area contributed by atoms with Gasteiger partial charge >= 0.3 is 0 Å². The van der Waals surface area contributed by atoms with E-state index in [-0.39, 0.29) is 11.9 Å². The first-order valence-corrected chi connectivity index (χ1v) is 15.1. The molecule has 0 aliphatic heterocycles. The molecule has 1 aromatic rings. The van der Waals surface area contributed by atoms with Gasteiger partial charge < -0.3 is 10.2 Å². The zero-order valence-electron chi connectivity index (χ0n) is 26.0. The summed E-state index contributed by atoms with van der Waals surface area (Å²) in [6, 6.07) is 5.81. The number of hydrogen-bond donors (Lipinski definition) is 1. The lowest BCUT2D eigenvalue weighted by atomic mass is 10.1. The van der Waals surface area contributed by atoms with E-state index in [1.54, 1.807) is 13.0 Å². The molecule has 0 bridgehead atoms. The second kappa shape index (κ2) is 25.8. The van der Waals surface area contributed by atoms with E-state index in [0.29, 0.717) is 26.8 Å². The topological polar surface area (TPSA) is 32.3 Å². The van der Waals surface area contributed by atoms with Crippen LogP contribution in [0.15, 0.2) is 53.2 Å². The molecular formula is C32H55Cl3N2O. The molecule has 0 aliphatic carbocycles. The van der Waals surface area contributed by atoms with Gasteiger partial charge in [-0.3, -0.25) is 4.79 Å². The zero-order chi connectivity index (χ0) is 30.3. The van der Waals surface area contributed by atoms with Gasteiger partial charge in [0.15, 0.2) is 0 Å². The number of nitrogens with one attached hydrogen (secondary N) is 1. The number of benzene rings is 1. The van der Waals surface area contributed by atoms with Crippen LogP contribution in [-0.2, 0) is 4.79 Å². The summed E-state index contributed by atoms with van der Waals surface area (Å²) in [7, 11) is 0. The predicted molar refractivity (Wildman–Crippen MR) is 174 cm³/mol. The smallest absolute Gasteiger partial charge is 0.219 e. The lowest BCUT2D eigenvalue weighted by Crippen LogP contribution is -2.37. The van der Waals surface area contributed by atoms with Crippen molar-refractivity contribution in [3.8, 4) is 0 Å². The van der Waals surface area contributed by atoms with Crippen molar-refractivity contribution in [3.05, 3.63) is 68.8 Å². The van der Waals surface area contributed by atoms with Gasteiger partial charge in [0.1, 0.15) is 0 Å². The van der Waals surface area contributed by atoms with Crippen molar-refractivity contribution in [1.29, 1.82) is 0 Å². The van der Waals surface area contributed by atoms with Crippen molar-refractivity contribution in [1.82, 2.24) is 10.2 Å². The number of rotatable bonds is 10. The van der Waals surface area contributed by atoms with Gasteiger partial charge in [-0.05, 0) is 64.3 Å². The molecule has 2 unspecified atom stereocenters. The van der Waals surface area contributed by atoms with Crippen LogP contribution in [0.1, 0.15) is 120 Å². The number of nitrogens with zero attached hydrogens (tertiary/aromatic N) is 1. The number of halogens is 3. The Bertz CT molecular complexity index is 828. The van der Waals surface area contributed by atoms with E-state index in [1.165, 1.54) is 24.8 Å². The molecule has 0 heterocycles. The van der Waals surface area contributed by atoms with Crippen LogP contribution >= 0.6 is 34.8 Å². The Morgan fingerprint density at radius 3 is 1.87 bits per heavy atom. The SMILES string of the molecule is C=C(NC(C)c1ccc(Cl)cc1Cl)/C(Cl)=C\C=C(C)C.CCC.CCCC.CCCN(C(C)=O)C(C)CC. The molecule has 1 amide bonds. The molecule has 0 spiro atoms.